The van der Waals surface area contributed by atoms with E-state index in [1.54, 1.807) is 7.11 Å². The first-order chi connectivity index (χ1) is 10.1. The molecule has 3 heteroatoms. The van der Waals surface area contributed by atoms with E-state index < -0.39 is 5.54 Å². The van der Waals surface area contributed by atoms with Crippen molar-refractivity contribution in [2.45, 2.75) is 53.5 Å². The van der Waals surface area contributed by atoms with E-state index in [1.807, 2.05) is 32.9 Å². The third-order valence-corrected chi connectivity index (χ3v) is 3.66. The zero-order chi connectivity index (χ0) is 17.3. The number of ether oxygens (including phenoxy) is 1. The van der Waals surface area contributed by atoms with Crippen LogP contribution < -0.4 is 5.73 Å². The van der Waals surface area contributed by atoms with Gasteiger partial charge in [0, 0.05) is 11.3 Å². The quantitative estimate of drug-likeness (QED) is 0.309. The molecule has 0 aliphatic carbocycles. The Balaban J connectivity index is 5.18. The molecule has 22 heavy (non-hydrogen) atoms. The molecule has 0 spiro atoms. The molecule has 0 aromatic rings. The number of aliphatic imine (C=N–C) groups is 1. The van der Waals surface area contributed by atoms with E-state index in [0.29, 0.717) is 6.54 Å². The number of methoxy groups -OCH3 is 1. The number of allylic oxidation sites excluding steroid dienone is 5. The fourth-order valence-corrected chi connectivity index (χ4v) is 1.55. The highest BCUT2D eigenvalue weighted by Gasteiger charge is 2.14. The average Bonchev–Trinajstić information content (AvgIpc) is 2.46. The Labute approximate surface area is 136 Å². The van der Waals surface area contributed by atoms with Crippen molar-refractivity contribution < 1.29 is 4.74 Å². The second kappa shape index (κ2) is 9.42. The maximum Gasteiger partial charge on any atom is 0.118 e. The lowest BCUT2D eigenvalue weighted by molar-refractivity contribution is 0.306. The van der Waals surface area contributed by atoms with E-state index in [2.05, 4.69) is 38.4 Å². The summed E-state index contributed by atoms with van der Waals surface area (Å²) in [6.07, 6.45) is 7.08. The number of nitrogens with zero attached hydrogens (tertiary/aromatic N) is 1. The van der Waals surface area contributed by atoms with Crippen molar-refractivity contribution in [2.24, 2.45) is 10.7 Å². The van der Waals surface area contributed by atoms with Crippen LogP contribution in [0.2, 0.25) is 0 Å². The molecule has 0 fully saturated rings. The normalized spacial score (nSPS) is 15.1. The molecule has 0 aliphatic rings. The molecule has 0 aromatic heterocycles. The minimum atomic E-state index is -0.398. The minimum Gasteiger partial charge on any atom is -0.497 e. The van der Waals surface area contributed by atoms with Gasteiger partial charge < -0.3 is 10.5 Å². The van der Waals surface area contributed by atoms with Crippen molar-refractivity contribution in [1.82, 2.24) is 0 Å². The van der Waals surface area contributed by atoms with Gasteiger partial charge in [0.05, 0.1) is 13.7 Å². The summed E-state index contributed by atoms with van der Waals surface area (Å²) in [5, 5.41) is 0. The molecular weight excluding hydrogens is 272 g/mol. The summed E-state index contributed by atoms with van der Waals surface area (Å²) in [7, 11) is 1.68. The van der Waals surface area contributed by atoms with Crippen molar-refractivity contribution in [3.63, 3.8) is 0 Å². The van der Waals surface area contributed by atoms with Gasteiger partial charge in [-0.25, -0.2) is 0 Å². The van der Waals surface area contributed by atoms with Crippen molar-refractivity contribution >= 4 is 5.71 Å². The van der Waals surface area contributed by atoms with Gasteiger partial charge >= 0.3 is 0 Å². The zero-order valence-electron chi connectivity index (χ0n) is 15.3. The molecule has 0 rings (SSSR count). The summed E-state index contributed by atoms with van der Waals surface area (Å²) in [5.41, 5.74) is 9.82. The van der Waals surface area contributed by atoms with E-state index in [0.717, 1.165) is 34.6 Å². The van der Waals surface area contributed by atoms with Gasteiger partial charge in [-0.15, -0.1) is 0 Å². The van der Waals surface area contributed by atoms with Crippen LogP contribution in [0.1, 0.15) is 48.0 Å². The van der Waals surface area contributed by atoms with E-state index in [4.69, 9.17) is 10.5 Å². The standard InChI is InChI=1S/C19H32N2O/c1-9-10-11-18(22-8)12-14(2)16(4)17(5)21-13-15(3)19(6,7)20/h10-12H,3,9,13,20H2,1-2,4-8H3/b11-10-,16-14+,18-12+,21-17?. The first kappa shape index (κ1) is 20.4. The fraction of sp³-hybridized carbons (Fsp3) is 0.526. The third-order valence-electron chi connectivity index (χ3n) is 3.66. The van der Waals surface area contributed by atoms with E-state index in [-0.39, 0.29) is 0 Å². The van der Waals surface area contributed by atoms with Gasteiger partial charge in [0.2, 0.25) is 0 Å². The molecule has 0 atom stereocenters. The molecule has 0 aliphatic heterocycles. The molecule has 3 nitrogen and oxygen atoms in total. The van der Waals surface area contributed by atoms with Gasteiger partial charge in [-0.3, -0.25) is 4.99 Å². The maximum absolute atomic E-state index is 6.02. The van der Waals surface area contributed by atoms with Gasteiger partial charge in [0.25, 0.3) is 0 Å². The molecule has 0 heterocycles. The number of hydrogen-bond acceptors (Lipinski definition) is 3. The first-order valence-corrected chi connectivity index (χ1v) is 7.71. The number of nitrogens with two attached hydrogens (primary N) is 1. The van der Waals surface area contributed by atoms with Crippen LogP contribution in [0.5, 0.6) is 0 Å². The zero-order valence-corrected chi connectivity index (χ0v) is 15.3. The van der Waals surface area contributed by atoms with E-state index in [1.165, 1.54) is 0 Å². The highest BCUT2D eigenvalue weighted by Crippen LogP contribution is 2.14. The molecule has 0 saturated heterocycles. The van der Waals surface area contributed by atoms with Crippen molar-refractivity contribution in [3.05, 3.63) is 47.3 Å². The lowest BCUT2D eigenvalue weighted by Gasteiger charge is -2.20. The first-order valence-electron chi connectivity index (χ1n) is 7.71. The second-order valence-electron chi connectivity index (χ2n) is 6.10. The predicted molar refractivity (Wildman–Crippen MR) is 98.3 cm³/mol. The largest absolute Gasteiger partial charge is 0.497 e. The molecule has 2 N–H and O–H groups in total. The van der Waals surface area contributed by atoms with Crippen molar-refractivity contribution in [2.75, 3.05) is 13.7 Å². The summed E-state index contributed by atoms with van der Waals surface area (Å²) in [4.78, 5) is 4.60. The third kappa shape index (κ3) is 7.41. The Morgan fingerprint density at radius 1 is 1.27 bits per heavy atom. The Morgan fingerprint density at radius 2 is 1.86 bits per heavy atom. The average molecular weight is 304 g/mol. The molecule has 0 radical (unpaired) electrons. The Bertz CT molecular complexity index is 500. The van der Waals surface area contributed by atoms with Crippen LogP contribution in [-0.4, -0.2) is 24.9 Å². The van der Waals surface area contributed by atoms with Crippen LogP contribution in [0.3, 0.4) is 0 Å². The van der Waals surface area contributed by atoms with E-state index >= 15 is 0 Å². The van der Waals surface area contributed by atoms with Gasteiger partial charge in [0.1, 0.15) is 5.76 Å². The number of hydrogen-bond donors (Lipinski definition) is 1. The van der Waals surface area contributed by atoms with Crippen LogP contribution in [-0.2, 0) is 4.74 Å². The summed E-state index contributed by atoms with van der Waals surface area (Å²) >= 11 is 0. The smallest absolute Gasteiger partial charge is 0.118 e. The second-order valence-corrected chi connectivity index (χ2v) is 6.10. The Hall–Kier alpha value is -1.61. The van der Waals surface area contributed by atoms with Crippen LogP contribution in [0.4, 0.5) is 0 Å². The van der Waals surface area contributed by atoms with E-state index in [9.17, 15) is 0 Å². The summed E-state index contributed by atoms with van der Waals surface area (Å²) in [6.45, 7) is 16.7. The highest BCUT2D eigenvalue weighted by molar-refractivity contribution is 5.98. The predicted octanol–water partition coefficient (Wildman–Crippen LogP) is 4.57. The summed E-state index contributed by atoms with van der Waals surface area (Å²) < 4.78 is 5.37. The summed E-state index contributed by atoms with van der Waals surface area (Å²) in [5.74, 6) is 0.846. The molecule has 0 aromatic carbocycles. The fourth-order valence-electron chi connectivity index (χ4n) is 1.55. The molecule has 0 bridgehead atoms. The van der Waals surface area contributed by atoms with Gasteiger partial charge in [-0.05, 0) is 69.9 Å². The van der Waals surface area contributed by atoms with Gasteiger partial charge in [-0.2, -0.15) is 0 Å². The highest BCUT2D eigenvalue weighted by atomic mass is 16.5. The van der Waals surface area contributed by atoms with Crippen molar-refractivity contribution in [3.8, 4) is 0 Å². The number of rotatable bonds is 8. The van der Waals surface area contributed by atoms with Gasteiger partial charge in [-0.1, -0.05) is 19.6 Å². The van der Waals surface area contributed by atoms with Crippen LogP contribution in [0.15, 0.2) is 52.3 Å². The van der Waals surface area contributed by atoms with Crippen LogP contribution >= 0.6 is 0 Å². The van der Waals surface area contributed by atoms with Gasteiger partial charge in [0.15, 0.2) is 0 Å². The molecule has 0 saturated carbocycles. The minimum absolute atomic E-state index is 0.398. The topological polar surface area (TPSA) is 47.6 Å². The Kier molecular flexibility index (Phi) is 8.73. The monoisotopic (exact) mass is 304 g/mol. The Morgan fingerprint density at radius 3 is 2.32 bits per heavy atom. The molecule has 0 unspecified atom stereocenters. The molecule has 0 amide bonds. The maximum atomic E-state index is 6.02. The lowest BCUT2D eigenvalue weighted by Crippen LogP contribution is -2.35. The lowest BCUT2D eigenvalue weighted by atomic mass is 9.97. The van der Waals surface area contributed by atoms with Crippen molar-refractivity contribution in [1.29, 1.82) is 0 Å². The summed E-state index contributed by atoms with van der Waals surface area (Å²) in [6, 6.07) is 0. The molecule has 124 valence electrons. The van der Waals surface area contributed by atoms with Crippen LogP contribution in [0, 0.1) is 0 Å². The van der Waals surface area contributed by atoms with Crippen LogP contribution in [0.25, 0.3) is 0 Å². The SMILES string of the molecule is C=C(CN=C(C)/C(C)=C(C)/C=C(\C=C/CC)OC)C(C)(C)N. The molecular formula is C19H32N2O.